The summed E-state index contributed by atoms with van der Waals surface area (Å²) in [5, 5.41) is 5.60. The van der Waals surface area contributed by atoms with E-state index >= 15 is 0 Å². The van der Waals surface area contributed by atoms with Crippen molar-refractivity contribution in [1.82, 2.24) is 5.32 Å². The SMILES string of the molecule is COc1ccc(NC(=O)NCC2CC(=O)N(c3ccc4c(c3)OCO4)C2)cc1. The minimum atomic E-state index is -0.306. The molecule has 1 fully saturated rings. The van der Waals surface area contributed by atoms with E-state index in [9.17, 15) is 9.59 Å². The summed E-state index contributed by atoms with van der Waals surface area (Å²) in [4.78, 5) is 26.2. The Morgan fingerprint density at radius 3 is 2.75 bits per heavy atom. The number of nitrogens with zero attached hydrogens (tertiary/aromatic N) is 1. The molecule has 1 unspecified atom stereocenters. The minimum Gasteiger partial charge on any atom is -0.497 e. The lowest BCUT2D eigenvalue weighted by atomic mass is 10.1. The van der Waals surface area contributed by atoms with E-state index in [2.05, 4.69) is 10.6 Å². The summed E-state index contributed by atoms with van der Waals surface area (Å²) in [6.07, 6.45) is 0.386. The Labute approximate surface area is 162 Å². The number of ether oxygens (including phenoxy) is 3. The summed E-state index contributed by atoms with van der Waals surface area (Å²) in [5.74, 6) is 2.12. The Morgan fingerprint density at radius 1 is 1.18 bits per heavy atom. The van der Waals surface area contributed by atoms with Gasteiger partial charge in [0.25, 0.3) is 0 Å². The third-order valence-electron chi connectivity index (χ3n) is 4.77. The van der Waals surface area contributed by atoms with Crippen molar-refractivity contribution in [3.63, 3.8) is 0 Å². The second-order valence-electron chi connectivity index (χ2n) is 6.68. The van der Waals surface area contributed by atoms with Crippen molar-refractivity contribution in [2.75, 3.05) is 37.2 Å². The van der Waals surface area contributed by atoms with Gasteiger partial charge >= 0.3 is 6.03 Å². The van der Waals surface area contributed by atoms with Crippen LogP contribution in [0.25, 0.3) is 0 Å². The van der Waals surface area contributed by atoms with Gasteiger partial charge in [-0.15, -0.1) is 0 Å². The lowest BCUT2D eigenvalue weighted by molar-refractivity contribution is -0.117. The summed E-state index contributed by atoms with van der Waals surface area (Å²) in [7, 11) is 1.59. The van der Waals surface area contributed by atoms with Crippen LogP contribution in [0.3, 0.4) is 0 Å². The number of carbonyl (C=O) groups is 2. The highest BCUT2D eigenvalue weighted by Gasteiger charge is 2.31. The van der Waals surface area contributed by atoms with Crippen LogP contribution in [0.2, 0.25) is 0 Å². The van der Waals surface area contributed by atoms with Crippen molar-refractivity contribution < 1.29 is 23.8 Å². The number of nitrogens with one attached hydrogen (secondary N) is 2. The van der Waals surface area contributed by atoms with E-state index in [4.69, 9.17) is 14.2 Å². The van der Waals surface area contributed by atoms with Crippen molar-refractivity contribution in [2.24, 2.45) is 5.92 Å². The molecule has 2 aliphatic heterocycles. The van der Waals surface area contributed by atoms with Gasteiger partial charge in [0.05, 0.1) is 7.11 Å². The molecule has 1 atom stereocenters. The van der Waals surface area contributed by atoms with Crippen LogP contribution in [-0.4, -0.2) is 38.9 Å². The molecule has 0 aromatic heterocycles. The number of carbonyl (C=O) groups excluding carboxylic acids is 2. The first kappa shape index (κ1) is 18.0. The second kappa shape index (κ2) is 7.67. The molecule has 0 bridgehead atoms. The quantitative estimate of drug-likeness (QED) is 0.829. The molecular formula is C20H21N3O5. The number of benzene rings is 2. The van der Waals surface area contributed by atoms with Gasteiger partial charge in [-0.25, -0.2) is 4.79 Å². The average molecular weight is 383 g/mol. The van der Waals surface area contributed by atoms with E-state index in [-0.39, 0.29) is 24.6 Å². The maximum absolute atomic E-state index is 12.4. The maximum atomic E-state index is 12.4. The van der Waals surface area contributed by atoms with Crippen LogP contribution < -0.4 is 29.7 Å². The average Bonchev–Trinajstić information content (AvgIpc) is 3.32. The fourth-order valence-electron chi connectivity index (χ4n) is 3.31. The smallest absolute Gasteiger partial charge is 0.319 e. The summed E-state index contributed by atoms with van der Waals surface area (Å²) in [6.45, 7) is 1.15. The molecule has 0 radical (unpaired) electrons. The maximum Gasteiger partial charge on any atom is 0.319 e. The Balaban J connectivity index is 1.30. The first-order chi connectivity index (χ1) is 13.6. The molecule has 3 amide bonds. The highest BCUT2D eigenvalue weighted by molar-refractivity contribution is 5.96. The molecule has 0 spiro atoms. The number of fused-ring (bicyclic) bond motifs is 1. The van der Waals surface area contributed by atoms with Gasteiger partial charge < -0.3 is 29.7 Å². The third kappa shape index (κ3) is 3.80. The molecule has 0 saturated carbocycles. The van der Waals surface area contributed by atoms with Gasteiger partial charge in [-0.2, -0.15) is 0 Å². The van der Waals surface area contributed by atoms with Crippen LogP contribution in [0, 0.1) is 5.92 Å². The van der Waals surface area contributed by atoms with Gasteiger partial charge in [0, 0.05) is 42.9 Å². The minimum absolute atomic E-state index is 0.0289. The number of methoxy groups -OCH3 is 1. The molecule has 4 rings (SSSR count). The number of anilines is 2. The first-order valence-electron chi connectivity index (χ1n) is 9.01. The second-order valence-corrected chi connectivity index (χ2v) is 6.68. The van der Waals surface area contributed by atoms with Crippen LogP contribution in [0.5, 0.6) is 17.2 Å². The lowest BCUT2D eigenvalue weighted by Crippen LogP contribution is -2.34. The van der Waals surface area contributed by atoms with Crippen molar-refractivity contribution in [3.8, 4) is 17.2 Å². The van der Waals surface area contributed by atoms with Crippen LogP contribution in [-0.2, 0) is 4.79 Å². The normalized spacial score (nSPS) is 17.5. The molecule has 28 heavy (non-hydrogen) atoms. The number of rotatable bonds is 5. The number of urea groups is 1. The summed E-state index contributed by atoms with van der Waals surface area (Å²) in [6, 6.07) is 12.2. The van der Waals surface area contributed by atoms with E-state index < -0.39 is 0 Å². The number of hydrogen-bond acceptors (Lipinski definition) is 5. The van der Waals surface area contributed by atoms with Gasteiger partial charge in [0.1, 0.15) is 5.75 Å². The number of amides is 3. The van der Waals surface area contributed by atoms with Crippen LogP contribution in [0.4, 0.5) is 16.2 Å². The Morgan fingerprint density at radius 2 is 1.96 bits per heavy atom. The molecule has 2 heterocycles. The highest BCUT2D eigenvalue weighted by Crippen LogP contribution is 2.37. The lowest BCUT2D eigenvalue weighted by Gasteiger charge is -2.17. The zero-order valence-corrected chi connectivity index (χ0v) is 15.4. The summed E-state index contributed by atoms with van der Waals surface area (Å²) < 4.78 is 15.8. The van der Waals surface area contributed by atoms with Gasteiger partial charge in [-0.05, 0) is 36.4 Å². The predicted octanol–water partition coefficient (Wildman–Crippen LogP) is 2.60. The molecule has 146 valence electrons. The number of hydrogen-bond donors (Lipinski definition) is 2. The zero-order valence-electron chi connectivity index (χ0n) is 15.4. The van der Waals surface area contributed by atoms with Crippen molar-refractivity contribution in [1.29, 1.82) is 0 Å². The fraction of sp³-hybridized carbons (Fsp3) is 0.300. The van der Waals surface area contributed by atoms with Gasteiger partial charge in [-0.3, -0.25) is 4.79 Å². The molecule has 2 aliphatic rings. The van der Waals surface area contributed by atoms with Crippen LogP contribution in [0.1, 0.15) is 6.42 Å². The standard InChI is InChI=1S/C20H21N3O5/c1-26-16-5-2-14(3-6-16)22-20(25)21-10-13-8-19(24)23(11-13)15-4-7-17-18(9-15)28-12-27-17/h2-7,9,13H,8,10-12H2,1H3,(H2,21,22,25). The van der Waals surface area contributed by atoms with E-state index in [0.717, 1.165) is 11.4 Å². The van der Waals surface area contributed by atoms with Gasteiger partial charge in [-0.1, -0.05) is 0 Å². The topological polar surface area (TPSA) is 89.1 Å². The zero-order chi connectivity index (χ0) is 19.5. The molecule has 0 aliphatic carbocycles. The molecule has 8 heteroatoms. The largest absolute Gasteiger partial charge is 0.497 e. The monoisotopic (exact) mass is 383 g/mol. The summed E-state index contributed by atoms with van der Waals surface area (Å²) in [5.41, 5.74) is 1.45. The summed E-state index contributed by atoms with van der Waals surface area (Å²) >= 11 is 0. The van der Waals surface area contributed by atoms with E-state index in [1.165, 1.54) is 0 Å². The fourth-order valence-corrected chi connectivity index (χ4v) is 3.31. The molecule has 1 saturated heterocycles. The van der Waals surface area contributed by atoms with Gasteiger partial charge in [0.15, 0.2) is 11.5 Å². The van der Waals surface area contributed by atoms with Crippen molar-refractivity contribution in [3.05, 3.63) is 42.5 Å². The Kier molecular flexibility index (Phi) is 4.92. The molecule has 8 nitrogen and oxygen atoms in total. The third-order valence-corrected chi connectivity index (χ3v) is 4.77. The van der Waals surface area contributed by atoms with E-state index in [1.807, 2.05) is 12.1 Å². The van der Waals surface area contributed by atoms with Gasteiger partial charge in [0.2, 0.25) is 12.7 Å². The van der Waals surface area contributed by atoms with Crippen LogP contribution in [0.15, 0.2) is 42.5 Å². The molecular weight excluding hydrogens is 362 g/mol. The molecule has 2 aromatic carbocycles. The first-order valence-corrected chi connectivity index (χ1v) is 9.01. The van der Waals surface area contributed by atoms with Crippen LogP contribution >= 0.6 is 0 Å². The Bertz CT molecular complexity index is 884. The predicted molar refractivity (Wildman–Crippen MR) is 103 cm³/mol. The van der Waals surface area contributed by atoms with E-state index in [1.54, 1.807) is 42.3 Å². The highest BCUT2D eigenvalue weighted by atomic mass is 16.7. The van der Waals surface area contributed by atoms with E-state index in [0.29, 0.717) is 36.7 Å². The molecule has 2 N–H and O–H groups in total. The Hall–Kier alpha value is -3.42. The van der Waals surface area contributed by atoms with Crippen molar-refractivity contribution >= 4 is 23.3 Å². The molecule has 2 aromatic rings. The van der Waals surface area contributed by atoms with Crippen molar-refractivity contribution in [2.45, 2.75) is 6.42 Å².